The Morgan fingerprint density at radius 1 is 1.32 bits per heavy atom. The molecule has 1 aromatic carbocycles. The number of nitrogens with one attached hydrogen (secondary N) is 1. The van der Waals surface area contributed by atoms with E-state index in [2.05, 4.69) is 10.3 Å². The van der Waals surface area contributed by atoms with Crippen LogP contribution in [0.15, 0.2) is 24.4 Å². The van der Waals surface area contributed by atoms with Crippen LogP contribution in [-0.4, -0.2) is 22.0 Å². The van der Waals surface area contributed by atoms with Crippen LogP contribution in [0.25, 0.3) is 0 Å². The van der Waals surface area contributed by atoms with Gasteiger partial charge in [0, 0.05) is 5.69 Å². The summed E-state index contributed by atoms with van der Waals surface area (Å²) in [6, 6.07) is 3.89. The van der Waals surface area contributed by atoms with Crippen molar-refractivity contribution < 1.29 is 14.7 Å². The Bertz CT molecular complexity index is 653. The normalized spacial score (nSPS) is 10.1. The maximum Gasteiger partial charge on any atom is 0.335 e. The second-order valence-corrected chi connectivity index (χ2v) is 4.69. The summed E-state index contributed by atoms with van der Waals surface area (Å²) in [6.45, 7) is 0. The summed E-state index contributed by atoms with van der Waals surface area (Å²) in [7, 11) is 0. The van der Waals surface area contributed by atoms with Gasteiger partial charge in [-0.1, -0.05) is 11.3 Å². The van der Waals surface area contributed by atoms with E-state index in [-0.39, 0.29) is 16.8 Å². The molecule has 0 atom stereocenters. The minimum absolute atomic E-state index is 0.0209. The molecule has 0 radical (unpaired) electrons. The van der Waals surface area contributed by atoms with E-state index in [9.17, 15) is 9.59 Å². The molecule has 0 unspecified atom stereocenters. The first-order valence-electron chi connectivity index (χ1n) is 5.13. The van der Waals surface area contributed by atoms with Gasteiger partial charge in [-0.05, 0) is 18.2 Å². The summed E-state index contributed by atoms with van der Waals surface area (Å²) >= 11 is 1.12. The van der Waals surface area contributed by atoms with E-state index in [4.69, 9.17) is 16.6 Å². The van der Waals surface area contributed by atoms with Crippen LogP contribution in [0, 0.1) is 0 Å². The van der Waals surface area contributed by atoms with E-state index in [1.54, 1.807) is 0 Å². The lowest BCUT2D eigenvalue weighted by molar-refractivity contribution is 0.0696. The predicted octanol–water partition coefficient (Wildman–Crippen LogP) is 1.26. The van der Waals surface area contributed by atoms with Crippen LogP contribution in [0.4, 0.5) is 15.8 Å². The van der Waals surface area contributed by atoms with Crippen LogP contribution in [0.3, 0.4) is 0 Å². The minimum Gasteiger partial charge on any atom is -0.478 e. The molecule has 0 aliphatic rings. The molecule has 1 aromatic heterocycles. The van der Waals surface area contributed by atoms with E-state index in [0.29, 0.717) is 10.1 Å². The Balaban J connectivity index is 2.22. The van der Waals surface area contributed by atoms with Gasteiger partial charge in [-0.25, -0.2) is 9.78 Å². The van der Waals surface area contributed by atoms with Gasteiger partial charge < -0.3 is 16.6 Å². The number of hydrogen-bond donors (Lipinski definition) is 4. The Kier molecular flexibility index (Phi) is 3.34. The molecular formula is C11H10N4O3S. The molecule has 1 amide bonds. The topological polar surface area (TPSA) is 131 Å². The highest BCUT2D eigenvalue weighted by Gasteiger charge is 2.13. The number of carbonyl (C=O) groups is 2. The van der Waals surface area contributed by atoms with Crippen molar-refractivity contribution in [2.75, 3.05) is 16.8 Å². The number of aromatic carboxylic acids is 1. The monoisotopic (exact) mass is 278 g/mol. The molecule has 2 aromatic rings. The third-order valence-electron chi connectivity index (χ3n) is 2.29. The number of carboxylic acid groups (broad SMARTS) is 1. The van der Waals surface area contributed by atoms with E-state index >= 15 is 0 Å². The molecule has 0 saturated carbocycles. The standard InChI is InChI=1S/C11H10N4O3S/c12-7-3-5(10(17)18)1-2-6(7)9(16)15-11-14-4-8(13)19-11/h1-4H,12-13H2,(H,17,18)(H,14,15,16). The van der Waals surface area contributed by atoms with Gasteiger partial charge in [0.15, 0.2) is 5.13 Å². The molecule has 0 spiro atoms. The third-order valence-corrected chi connectivity index (χ3v) is 3.03. The third kappa shape index (κ3) is 2.80. The molecular weight excluding hydrogens is 268 g/mol. The summed E-state index contributed by atoms with van der Waals surface area (Å²) in [5.41, 5.74) is 11.4. The number of thiazole rings is 1. The van der Waals surface area contributed by atoms with Crippen LogP contribution >= 0.6 is 11.3 Å². The van der Waals surface area contributed by atoms with Gasteiger partial charge in [-0.15, -0.1) is 0 Å². The van der Waals surface area contributed by atoms with Crippen molar-refractivity contribution in [3.63, 3.8) is 0 Å². The van der Waals surface area contributed by atoms with Crippen molar-refractivity contribution in [1.82, 2.24) is 4.98 Å². The number of aromatic nitrogens is 1. The lowest BCUT2D eigenvalue weighted by Crippen LogP contribution is -2.14. The number of anilines is 3. The molecule has 0 aliphatic carbocycles. The predicted molar refractivity (Wildman–Crippen MR) is 72.3 cm³/mol. The molecule has 19 heavy (non-hydrogen) atoms. The number of nitrogens with two attached hydrogens (primary N) is 2. The molecule has 8 heteroatoms. The Morgan fingerprint density at radius 3 is 2.58 bits per heavy atom. The van der Waals surface area contributed by atoms with Crippen molar-refractivity contribution in [3.05, 3.63) is 35.5 Å². The van der Waals surface area contributed by atoms with E-state index in [0.717, 1.165) is 11.3 Å². The molecule has 98 valence electrons. The molecule has 7 nitrogen and oxygen atoms in total. The van der Waals surface area contributed by atoms with Crippen LogP contribution < -0.4 is 16.8 Å². The number of benzene rings is 1. The average Bonchev–Trinajstić information content (AvgIpc) is 2.74. The largest absolute Gasteiger partial charge is 0.478 e. The SMILES string of the molecule is Nc1cnc(NC(=O)c2ccc(C(=O)O)cc2N)s1. The fourth-order valence-corrected chi connectivity index (χ4v) is 1.99. The lowest BCUT2D eigenvalue weighted by Gasteiger charge is -2.06. The van der Waals surface area contributed by atoms with Crippen molar-refractivity contribution in [2.45, 2.75) is 0 Å². The maximum atomic E-state index is 11.9. The minimum atomic E-state index is -1.11. The van der Waals surface area contributed by atoms with Gasteiger partial charge in [0.1, 0.15) is 5.00 Å². The highest BCUT2D eigenvalue weighted by Crippen LogP contribution is 2.21. The quantitative estimate of drug-likeness (QED) is 0.625. The Hall–Kier alpha value is -2.61. The molecule has 1 heterocycles. The first kappa shape index (κ1) is 12.8. The number of nitrogens with zero attached hydrogens (tertiary/aromatic N) is 1. The van der Waals surface area contributed by atoms with Gasteiger partial charge in [0.2, 0.25) is 0 Å². The van der Waals surface area contributed by atoms with Crippen LogP contribution in [0.2, 0.25) is 0 Å². The first-order chi connectivity index (χ1) is 8.97. The number of hydrogen-bond acceptors (Lipinski definition) is 6. The fourth-order valence-electron chi connectivity index (χ4n) is 1.41. The Labute approximate surface area is 111 Å². The number of carboxylic acids is 1. The van der Waals surface area contributed by atoms with Gasteiger partial charge >= 0.3 is 5.97 Å². The zero-order valence-corrected chi connectivity index (χ0v) is 10.4. The number of carbonyl (C=O) groups excluding carboxylic acids is 1. The molecule has 0 bridgehead atoms. The van der Waals surface area contributed by atoms with Crippen molar-refractivity contribution >= 4 is 39.0 Å². The van der Waals surface area contributed by atoms with Crippen molar-refractivity contribution in [3.8, 4) is 0 Å². The van der Waals surface area contributed by atoms with Gasteiger partial charge in [0.25, 0.3) is 5.91 Å². The van der Waals surface area contributed by atoms with Gasteiger partial charge in [-0.2, -0.15) is 0 Å². The molecule has 2 rings (SSSR count). The summed E-state index contributed by atoms with van der Waals surface area (Å²) in [5, 5.41) is 12.2. The van der Waals surface area contributed by atoms with Gasteiger partial charge in [-0.3, -0.25) is 10.1 Å². The number of nitrogen functional groups attached to an aromatic ring is 2. The molecule has 0 fully saturated rings. The van der Waals surface area contributed by atoms with E-state index < -0.39 is 11.9 Å². The van der Waals surface area contributed by atoms with Crippen LogP contribution in [0.5, 0.6) is 0 Å². The molecule has 6 N–H and O–H groups in total. The summed E-state index contributed by atoms with van der Waals surface area (Å²) in [5.74, 6) is -1.57. The lowest BCUT2D eigenvalue weighted by atomic mass is 10.1. The fraction of sp³-hybridized carbons (Fsp3) is 0. The molecule has 0 aliphatic heterocycles. The maximum absolute atomic E-state index is 11.9. The van der Waals surface area contributed by atoms with E-state index in [1.807, 2.05) is 0 Å². The smallest absolute Gasteiger partial charge is 0.335 e. The molecule has 0 saturated heterocycles. The van der Waals surface area contributed by atoms with Gasteiger partial charge in [0.05, 0.1) is 17.3 Å². The second kappa shape index (κ2) is 4.94. The van der Waals surface area contributed by atoms with Crippen molar-refractivity contribution in [2.24, 2.45) is 0 Å². The summed E-state index contributed by atoms with van der Waals surface area (Å²) in [6.07, 6.45) is 1.43. The highest BCUT2D eigenvalue weighted by atomic mass is 32.1. The van der Waals surface area contributed by atoms with Crippen LogP contribution in [0.1, 0.15) is 20.7 Å². The summed E-state index contributed by atoms with van der Waals surface area (Å²) in [4.78, 5) is 26.5. The first-order valence-corrected chi connectivity index (χ1v) is 5.94. The second-order valence-electron chi connectivity index (χ2n) is 3.63. The van der Waals surface area contributed by atoms with Crippen molar-refractivity contribution in [1.29, 1.82) is 0 Å². The highest BCUT2D eigenvalue weighted by molar-refractivity contribution is 7.19. The number of amides is 1. The Morgan fingerprint density at radius 2 is 2.05 bits per heavy atom. The summed E-state index contributed by atoms with van der Waals surface area (Å²) < 4.78 is 0. The van der Waals surface area contributed by atoms with E-state index in [1.165, 1.54) is 24.4 Å². The zero-order chi connectivity index (χ0) is 14.0. The van der Waals surface area contributed by atoms with Crippen LogP contribution in [-0.2, 0) is 0 Å². The number of rotatable bonds is 3. The average molecular weight is 278 g/mol. The zero-order valence-electron chi connectivity index (χ0n) is 9.58.